The molecule has 1 N–H and O–H groups in total. The summed E-state index contributed by atoms with van der Waals surface area (Å²) in [7, 11) is 1.46. The molecular weight excluding hydrogens is 178 g/mol. The number of methoxy groups -OCH3 is 1. The fourth-order valence-electron chi connectivity index (χ4n) is 2.51. The van der Waals surface area contributed by atoms with Crippen molar-refractivity contribution in [3.05, 3.63) is 0 Å². The van der Waals surface area contributed by atoms with E-state index in [9.17, 15) is 4.79 Å². The summed E-state index contributed by atoms with van der Waals surface area (Å²) in [6.45, 7) is 7.95. The largest absolute Gasteiger partial charge is 0.469 e. The first-order chi connectivity index (χ1) is 6.61. The number of esters is 1. The van der Waals surface area contributed by atoms with E-state index in [0.29, 0.717) is 6.42 Å². The van der Waals surface area contributed by atoms with E-state index in [0.717, 1.165) is 18.4 Å². The molecule has 0 aliphatic carbocycles. The van der Waals surface area contributed by atoms with Crippen molar-refractivity contribution in [2.45, 2.75) is 26.7 Å². The van der Waals surface area contributed by atoms with Gasteiger partial charge in [0, 0.05) is 11.8 Å². The molecule has 0 aromatic carbocycles. The standard InChI is InChI=1S/C11H21NO2/c1-9-6-10(2)8-12(7-9)5-4-11(13)14-3/h9-10H,4-8H2,1-3H3/p+1/t9-,10-/m0/s1. The first-order valence-electron chi connectivity index (χ1n) is 5.52. The molecule has 1 aliphatic heterocycles. The Hall–Kier alpha value is -0.570. The van der Waals surface area contributed by atoms with Crippen LogP contribution in [0.5, 0.6) is 0 Å². The lowest BCUT2D eigenvalue weighted by Crippen LogP contribution is -3.14. The van der Waals surface area contributed by atoms with Crippen LogP contribution in [0.15, 0.2) is 0 Å². The van der Waals surface area contributed by atoms with E-state index in [1.165, 1.54) is 26.6 Å². The third-order valence-corrected chi connectivity index (χ3v) is 2.99. The molecule has 1 heterocycles. The lowest BCUT2D eigenvalue weighted by atomic mass is 9.92. The van der Waals surface area contributed by atoms with Crippen LogP contribution in [-0.2, 0) is 9.53 Å². The van der Waals surface area contributed by atoms with Crippen molar-refractivity contribution in [1.29, 1.82) is 0 Å². The fourth-order valence-corrected chi connectivity index (χ4v) is 2.51. The Morgan fingerprint density at radius 2 is 1.93 bits per heavy atom. The van der Waals surface area contributed by atoms with Gasteiger partial charge in [-0.15, -0.1) is 0 Å². The van der Waals surface area contributed by atoms with Gasteiger partial charge in [0.15, 0.2) is 0 Å². The van der Waals surface area contributed by atoms with Gasteiger partial charge in [0.2, 0.25) is 0 Å². The second-order valence-electron chi connectivity index (χ2n) is 4.68. The van der Waals surface area contributed by atoms with E-state index < -0.39 is 0 Å². The zero-order valence-electron chi connectivity index (χ0n) is 9.51. The molecule has 3 nitrogen and oxygen atoms in total. The minimum atomic E-state index is -0.0802. The van der Waals surface area contributed by atoms with Gasteiger partial charge in [-0.2, -0.15) is 0 Å². The summed E-state index contributed by atoms with van der Waals surface area (Å²) >= 11 is 0. The lowest BCUT2D eigenvalue weighted by molar-refractivity contribution is -0.911. The highest BCUT2D eigenvalue weighted by Crippen LogP contribution is 2.11. The molecule has 1 aliphatic rings. The minimum Gasteiger partial charge on any atom is -0.469 e. The molecule has 14 heavy (non-hydrogen) atoms. The molecule has 0 unspecified atom stereocenters. The summed E-state index contributed by atoms with van der Waals surface area (Å²) in [5, 5.41) is 0. The second-order valence-corrected chi connectivity index (χ2v) is 4.68. The number of carbonyl (C=O) groups is 1. The van der Waals surface area contributed by atoms with Crippen molar-refractivity contribution in [3.63, 3.8) is 0 Å². The highest BCUT2D eigenvalue weighted by Gasteiger charge is 2.25. The van der Waals surface area contributed by atoms with Crippen LogP contribution in [0.25, 0.3) is 0 Å². The Balaban J connectivity index is 2.26. The number of rotatable bonds is 3. The maximum atomic E-state index is 11.0. The Morgan fingerprint density at radius 1 is 1.36 bits per heavy atom. The number of hydrogen-bond donors (Lipinski definition) is 1. The average molecular weight is 200 g/mol. The molecule has 0 aromatic heterocycles. The van der Waals surface area contributed by atoms with E-state index in [1.807, 2.05) is 0 Å². The zero-order valence-corrected chi connectivity index (χ0v) is 9.51. The van der Waals surface area contributed by atoms with Gasteiger partial charge in [0.25, 0.3) is 0 Å². The van der Waals surface area contributed by atoms with Crippen LogP contribution < -0.4 is 4.90 Å². The number of hydrogen-bond acceptors (Lipinski definition) is 2. The van der Waals surface area contributed by atoms with Crippen molar-refractivity contribution in [1.82, 2.24) is 0 Å². The highest BCUT2D eigenvalue weighted by atomic mass is 16.5. The molecule has 0 bridgehead atoms. The molecule has 1 fully saturated rings. The van der Waals surface area contributed by atoms with Gasteiger partial charge >= 0.3 is 5.97 Å². The molecule has 0 radical (unpaired) electrons. The van der Waals surface area contributed by atoms with E-state index in [4.69, 9.17) is 0 Å². The third-order valence-electron chi connectivity index (χ3n) is 2.99. The molecule has 0 saturated carbocycles. The Morgan fingerprint density at radius 3 is 2.43 bits per heavy atom. The number of likely N-dealkylation sites (tertiary alicyclic amines) is 1. The first-order valence-corrected chi connectivity index (χ1v) is 5.52. The third kappa shape index (κ3) is 3.66. The van der Waals surface area contributed by atoms with Gasteiger partial charge in [-0.1, -0.05) is 13.8 Å². The topological polar surface area (TPSA) is 30.7 Å². The molecule has 2 atom stereocenters. The van der Waals surface area contributed by atoms with Gasteiger partial charge in [0.1, 0.15) is 0 Å². The molecule has 0 amide bonds. The van der Waals surface area contributed by atoms with Crippen LogP contribution >= 0.6 is 0 Å². The van der Waals surface area contributed by atoms with Crippen molar-refractivity contribution in [3.8, 4) is 0 Å². The predicted molar refractivity (Wildman–Crippen MR) is 55.1 cm³/mol. The number of carbonyl (C=O) groups excluding carboxylic acids is 1. The highest BCUT2D eigenvalue weighted by molar-refractivity contribution is 5.69. The summed E-state index contributed by atoms with van der Waals surface area (Å²) in [5.74, 6) is 1.51. The van der Waals surface area contributed by atoms with Crippen molar-refractivity contribution in [2.24, 2.45) is 11.8 Å². The Labute approximate surface area is 86.4 Å². The SMILES string of the molecule is COC(=O)CC[NH+]1C[C@@H](C)C[C@H](C)C1. The average Bonchev–Trinajstić information content (AvgIpc) is 2.12. The monoisotopic (exact) mass is 200 g/mol. The normalized spacial score (nSPS) is 32.6. The number of nitrogens with one attached hydrogen (secondary N) is 1. The van der Waals surface area contributed by atoms with E-state index in [1.54, 1.807) is 4.90 Å². The van der Waals surface area contributed by atoms with Crippen molar-refractivity contribution >= 4 is 5.97 Å². The molecule has 3 heteroatoms. The summed E-state index contributed by atoms with van der Waals surface area (Å²) in [6, 6.07) is 0. The minimum absolute atomic E-state index is 0.0802. The zero-order chi connectivity index (χ0) is 10.6. The van der Waals surface area contributed by atoms with Crippen LogP contribution in [0.4, 0.5) is 0 Å². The van der Waals surface area contributed by atoms with Gasteiger partial charge in [-0.25, -0.2) is 0 Å². The summed E-state index contributed by atoms with van der Waals surface area (Å²) in [5.41, 5.74) is 0. The molecular formula is C11H22NO2+. The summed E-state index contributed by atoms with van der Waals surface area (Å²) in [4.78, 5) is 12.5. The van der Waals surface area contributed by atoms with E-state index in [2.05, 4.69) is 18.6 Å². The van der Waals surface area contributed by atoms with Crippen molar-refractivity contribution in [2.75, 3.05) is 26.7 Å². The number of ether oxygens (including phenoxy) is 1. The van der Waals surface area contributed by atoms with Crippen molar-refractivity contribution < 1.29 is 14.4 Å². The van der Waals surface area contributed by atoms with Crippen LogP contribution in [0.1, 0.15) is 26.7 Å². The van der Waals surface area contributed by atoms with E-state index in [-0.39, 0.29) is 5.97 Å². The van der Waals surface area contributed by atoms with Gasteiger partial charge in [-0.3, -0.25) is 4.79 Å². The lowest BCUT2D eigenvalue weighted by Gasteiger charge is -2.31. The Bertz CT molecular complexity index is 184. The maximum absolute atomic E-state index is 11.0. The summed E-state index contributed by atoms with van der Waals surface area (Å²) < 4.78 is 4.64. The maximum Gasteiger partial charge on any atom is 0.311 e. The van der Waals surface area contributed by atoms with Crippen LogP contribution in [0.3, 0.4) is 0 Å². The molecule has 1 saturated heterocycles. The van der Waals surface area contributed by atoms with Crippen LogP contribution in [-0.4, -0.2) is 32.7 Å². The van der Waals surface area contributed by atoms with E-state index >= 15 is 0 Å². The summed E-state index contributed by atoms with van der Waals surface area (Å²) in [6.07, 6.45) is 1.90. The number of quaternary nitrogens is 1. The van der Waals surface area contributed by atoms with Gasteiger partial charge in [0.05, 0.1) is 33.2 Å². The first kappa shape index (κ1) is 11.5. The van der Waals surface area contributed by atoms with Crippen LogP contribution in [0, 0.1) is 11.8 Å². The van der Waals surface area contributed by atoms with Crippen LogP contribution in [0.2, 0.25) is 0 Å². The van der Waals surface area contributed by atoms with Gasteiger partial charge < -0.3 is 9.64 Å². The molecule has 0 aromatic rings. The quantitative estimate of drug-likeness (QED) is 0.656. The smallest absolute Gasteiger partial charge is 0.311 e. The molecule has 1 rings (SSSR count). The molecule has 0 spiro atoms. The van der Waals surface area contributed by atoms with Gasteiger partial charge in [-0.05, 0) is 6.42 Å². The predicted octanol–water partition coefficient (Wildman–Crippen LogP) is 0.110. The number of piperidine rings is 1. The Kier molecular flexibility index (Phi) is 4.39. The molecule has 82 valence electrons. The second kappa shape index (κ2) is 5.35. The fraction of sp³-hybridized carbons (Fsp3) is 0.909.